The third-order valence-electron chi connectivity index (χ3n) is 4.42. The van der Waals surface area contributed by atoms with Crippen LogP contribution in [0.3, 0.4) is 0 Å². The lowest BCUT2D eigenvalue weighted by molar-refractivity contribution is -0.134. The fraction of sp³-hybridized carbons (Fsp3) is 0.933. The normalized spacial score (nSPS) is 36.0. The minimum atomic E-state index is -0.486. The van der Waals surface area contributed by atoms with Crippen LogP contribution in [0.25, 0.3) is 0 Å². The second-order valence-corrected chi connectivity index (χ2v) is 5.92. The Kier molecular flexibility index (Phi) is 6.41. The number of nitrogens with one attached hydrogen (secondary N) is 1. The van der Waals surface area contributed by atoms with Crippen LogP contribution in [-0.2, 0) is 23.7 Å². The van der Waals surface area contributed by atoms with E-state index in [0.29, 0.717) is 25.7 Å². The van der Waals surface area contributed by atoms with Crippen LogP contribution in [-0.4, -0.2) is 64.8 Å². The Labute approximate surface area is 126 Å². The summed E-state index contributed by atoms with van der Waals surface area (Å²) in [5.74, 6) is 0.625. The fourth-order valence-corrected chi connectivity index (χ4v) is 3.18. The molecule has 2 rings (SSSR count). The summed E-state index contributed by atoms with van der Waals surface area (Å²) in [5.41, 5.74) is 0. The van der Waals surface area contributed by atoms with Crippen molar-refractivity contribution in [3.8, 4) is 0 Å². The molecule has 122 valence electrons. The summed E-state index contributed by atoms with van der Waals surface area (Å²) in [6, 6.07) is 0. The maximum absolute atomic E-state index is 12.2. The van der Waals surface area contributed by atoms with E-state index in [4.69, 9.17) is 18.9 Å². The van der Waals surface area contributed by atoms with Gasteiger partial charge in [0.2, 0.25) is 0 Å². The van der Waals surface area contributed by atoms with Crippen molar-refractivity contribution in [1.82, 2.24) is 5.32 Å². The van der Waals surface area contributed by atoms with Crippen molar-refractivity contribution in [3.05, 3.63) is 0 Å². The number of carbonyl (C=O) groups excluding carboxylic acids is 1. The van der Waals surface area contributed by atoms with E-state index in [1.165, 1.54) is 0 Å². The average molecular weight is 301 g/mol. The van der Waals surface area contributed by atoms with Crippen LogP contribution in [0.4, 0.5) is 0 Å². The molecule has 1 amide bonds. The van der Waals surface area contributed by atoms with Crippen LogP contribution in [0, 0.1) is 11.8 Å². The van der Waals surface area contributed by atoms with E-state index in [2.05, 4.69) is 5.32 Å². The van der Waals surface area contributed by atoms with Crippen molar-refractivity contribution in [1.29, 1.82) is 0 Å². The van der Waals surface area contributed by atoms with E-state index in [1.807, 2.05) is 6.92 Å². The number of methoxy groups -OCH3 is 2. The number of amides is 1. The van der Waals surface area contributed by atoms with Crippen molar-refractivity contribution in [3.63, 3.8) is 0 Å². The highest BCUT2D eigenvalue weighted by molar-refractivity contribution is 5.81. The van der Waals surface area contributed by atoms with Gasteiger partial charge in [0.15, 0.2) is 6.10 Å². The van der Waals surface area contributed by atoms with E-state index in [9.17, 15) is 4.79 Å². The Morgan fingerprint density at radius 1 is 1.33 bits per heavy atom. The van der Waals surface area contributed by atoms with E-state index >= 15 is 0 Å². The molecule has 0 aromatic carbocycles. The molecular formula is C15H27NO5. The first kappa shape index (κ1) is 16.7. The molecule has 1 N–H and O–H groups in total. The number of carbonyl (C=O) groups is 1. The van der Waals surface area contributed by atoms with Gasteiger partial charge in [0.1, 0.15) is 0 Å². The molecule has 0 aromatic rings. The third-order valence-corrected chi connectivity index (χ3v) is 4.42. The molecule has 0 radical (unpaired) electrons. The van der Waals surface area contributed by atoms with Crippen molar-refractivity contribution in [2.75, 3.05) is 40.6 Å². The second-order valence-electron chi connectivity index (χ2n) is 5.92. The molecule has 2 saturated heterocycles. The average Bonchev–Trinajstić information content (AvgIpc) is 3.06. The molecule has 21 heavy (non-hydrogen) atoms. The quantitative estimate of drug-likeness (QED) is 0.746. The summed E-state index contributed by atoms with van der Waals surface area (Å²) in [6.45, 7) is 4.64. The highest BCUT2D eigenvalue weighted by atomic mass is 16.6. The Morgan fingerprint density at radius 2 is 2.14 bits per heavy atom. The van der Waals surface area contributed by atoms with Crippen molar-refractivity contribution < 1.29 is 23.7 Å². The van der Waals surface area contributed by atoms with Crippen molar-refractivity contribution >= 4 is 5.91 Å². The second kappa shape index (κ2) is 8.08. The van der Waals surface area contributed by atoms with Gasteiger partial charge in [-0.05, 0) is 18.8 Å². The Bertz CT molecular complexity index is 338. The summed E-state index contributed by atoms with van der Waals surface area (Å²) in [4.78, 5) is 12.2. The van der Waals surface area contributed by atoms with Gasteiger partial charge in [-0.1, -0.05) is 6.92 Å². The number of rotatable bonds is 7. The molecule has 0 spiro atoms. The van der Waals surface area contributed by atoms with Gasteiger partial charge in [0.05, 0.1) is 25.4 Å². The lowest BCUT2D eigenvalue weighted by atomic mass is 9.98. The predicted molar refractivity (Wildman–Crippen MR) is 77.1 cm³/mol. The number of hydrogen-bond acceptors (Lipinski definition) is 5. The topological polar surface area (TPSA) is 66.0 Å². The van der Waals surface area contributed by atoms with Crippen LogP contribution in [0.5, 0.6) is 0 Å². The van der Waals surface area contributed by atoms with Crippen LogP contribution in [0.2, 0.25) is 0 Å². The molecule has 0 aliphatic carbocycles. The lowest BCUT2D eigenvalue weighted by Crippen LogP contribution is -2.43. The van der Waals surface area contributed by atoms with Gasteiger partial charge in [-0.3, -0.25) is 4.79 Å². The largest absolute Gasteiger partial charge is 0.382 e. The highest BCUT2D eigenvalue weighted by Crippen LogP contribution is 2.25. The standard InChI is InChI=1S/C15H27NO5/c1-10-8-21-14(13(10)19-3)15(17)16-6-4-11-5-7-20-12(11)9-18-2/h10-14H,4-9H2,1-3H3,(H,16,17)/t10?,11-,12-,13-,14+/m1/s1. The molecule has 0 bridgehead atoms. The van der Waals surface area contributed by atoms with Gasteiger partial charge in [0, 0.05) is 33.3 Å². The van der Waals surface area contributed by atoms with Gasteiger partial charge in [0.25, 0.3) is 5.91 Å². The smallest absolute Gasteiger partial charge is 0.251 e. The molecule has 0 saturated carbocycles. The van der Waals surface area contributed by atoms with Crippen LogP contribution < -0.4 is 5.32 Å². The van der Waals surface area contributed by atoms with Gasteiger partial charge in [-0.25, -0.2) is 0 Å². The van der Waals surface area contributed by atoms with Crippen LogP contribution in [0.15, 0.2) is 0 Å². The molecule has 6 heteroatoms. The first-order chi connectivity index (χ1) is 10.2. The summed E-state index contributed by atoms with van der Waals surface area (Å²) in [6.07, 6.45) is 1.45. The summed E-state index contributed by atoms with van der Waals surface area (Å²) >= 11 is 0. The molecule has 0 aromatic heterocycles. The maximum atomic E-state index is 12.2. The third kappa shape index (κ3) is 4.16. The van der Waals surface area contributed by atoms with Crippen LogP contribution in [0.1, 0.15) is 19.8 Å². The van der Waals surface area contributed by atoms with E-state index < -0.39 is 6.10 Å². The number of hydrogen-bond donors (Lipinski definition) is 1. The molecule has 1 unspecified atom stereocenters. The van der Waals surface area contributed by atoms with E-state index in [1.54, 1.807) is 14.2 Å². The molecule has 2 aliphatic rings. The van der Waals surface area contributed by atoms with Gasteiger partial charge in [-0.2, -0.15) is 0 Å². The molecule has 2 heterocycles. The summed E-state index contributed by atoms with van der Waals surface area (Å²) < 4.78 is 21.7. The number of ether oxygens (including phenoxy) is 4. The molecule has 2 fully saturated rings. The SMILES string of the molecule is COC[C@H]1OCC[C@H]1CCNC(=O)[C@H]1OCC(C)[C@H]1OC. The Hall–Kier alpha value is -0.690. The summed E-state index contributed by atoms with van der Waals surface area (Å²) in [5, 5.41) is 2.96. The van der Waals surface area contributed by atoms with E-state index in [0.717, 1.165) is 19.4 Å². The minimum absolute atomic E-state index is 0.0755. The first-order valence-electron chi connectivity index (χ1n) is 7.70. The van der Waals surface area contributed by atoms with E-state index in [-0.39, 0.29) is 24.0 Å². The Morgan fingerprint density at radius 3 is 2.86 bits per heavy atom. The molecular weight excluding hydrogens is 274 g/mol. The fourth-order valence-electron chi connectivity index (χ4n) is 3.18. The predicted octanol–water partition coefficient (Wildman–Crippen LogP) is 0.594. The first-order valence-corrected chi connectivity index (χ1v) is 7.70. The minimum Gasteiger partial charge on any atom is -0.382 e. The van der Waals surface area contributed by atoms with Gasteiger partial charge >= 0.3 is 0 Å². The molecule has 5 atom stereocenters. The molecule has 6 nitrogen and oxygen atoms in total. The van der Waals surface area contributed by atoms with Crippen molar-refractivity contribution in [2.45, 2.75) is 38.1 Å². The molecule has 2 aliphatic heterocycles. The van der Waals surface area contributed by atoms with Crippen molar-refractivity contribution in [2.24, 2.45) is 11.8 Å². The zero-order valence-corrected chi connectivity index (χ0v) is 13.2. The zero-order valence-electron chi connectivity index (χ0n) is 13.2. The lowest BCUT2D eigenvalue weighted by Gasteiger charge is -2.20. The zero-order chi connectivity index (χ0) is 15.2. The van der Waals surface area contributed by atoms with Gasteiger partial charge in [-0.15, -0.1) is 0 Å². The Balaban J connectivity index is 1.72. The summed E-state index contributed by atoms with van der Waals surface area (Å²) in [7, 11) is 3.31. The van der Waals surface area contributed by atoms with Crippen LogP contribution >= 0.6 is 0 Å². The monoisotopic (exact) mass is 301 g/mol. The van der Waals surface area contributed by atoms with Gasteiger partial charge < -0.3 is 24.3 Å². The maximum Gasteiger partial charge on any atom is 0.251 e. The highest BCUT2D eigenvalue weighted by Gasteiger charge is 2.39.